The van der Waals surface area contributed by atoms with E-state index in [9.17, 15) is 14.4 Å². The molecule has 0 saturated heterocycles. The van der Waals surface area contributed by atoms with E-state index in [2.05, 4.69) is 13.2 Å². The van der Waals surface area contributed by atoms with Gasteiger partial charge in [0, 0.05) is 10.1 Å². The van der Waals surface area contributed by atoms with Crippen molar-refractivity contribution >= 4 is 43.4 Å². The van der Waals surface area contributed by atoms with Gasteiger partial charge in [-0.05, 0) is 65.8 Å². The number of carbonyl (C=O) groups excluding carboxylic acids is 2. The Kier molecular flexibility index (Phi) is 8.12. The lowest BCUT2D eigenvalue weighted by Crippen LogP contribution is -2.26. The molecule has 0 aliphatic carbocycles. The lowest BCUT2D eigenvalue weighted by atomic mass is 10.1. The fourth-order valence-electron chi connectivity index (χ4n) is 3.23. The molecule has 1 heterocycles. The average Bonchev–Trinajstić information content (AvgIpc) is 2.79. The van der Waals surface area contributed by atoms with Gasteiger partial charge >= 0.3 is 11.9 Å². The van der Waals surface area contributed by atoms with Gasteiger partial charge < -0.3 is 18.9 Å². The summed E-state index contributed by atoms with van der Waals surface area (Å²) in [5, 5.41) is 0.840. The van der Waals surface area contributed by atoms with E-state index in [0.29, 0.717) is 21.2 Å². The van der Waals surface area contributed by atoms with E-state index in [4.69, 9.17) is 18.9 Å². The lowest BCUT2D eigenvalue weighted by molar-refractivity contribution is -0.151. The summed E-state index contributed by atoms with van der Waals surface area (Å²) in [7, 11) is 0. The molecule has 0 aliphatic heterocycles. The number of rotatable bonds is 8. The molecule has 0 unspecified atom stereocenters. The van der Waals surface area contributed by atoms with Crippen LogP contribution in [0.3, 0.4) is 0 Å². The zero-order valence-corrected chi connectivity index (χ0v) is 22.9. The SMILES string of the molecule is C=C(COc1ccc(OCC(=C)C(=O)OC(C)(C)C)c2c(=O)c3ccccc3sc12)C(=O)OC(C)(C)C. The van der Waals surface area contributed by atoms with Crippen LogP contribution in [0.4, 0.5) is 0 Å². The van der Waals surface area contributed by atoms with E-state index in [0.717, 1.165) is 4.70 Å². The van der Waals surface area contributed by atoms with Crippen molar-refractivity contribution in [2.45, 2.75) is 52.7 Å². The molecule has 0 bridgehead atoms. The van der Waals surface area contributed by atoms with E-state index in [-0.39, 0.29) is 35.5 Å². The summed E-state index contributed by atoms with van der Waals surface area (Å²) in [4.78, 5) is 38.1. The summed E-state index contributed by atoms with van der Waals surface area (Å²) in [6.45, 7) is 17.9. The molecule has 7 nitrogen and oxygen atoms in total. The van der Waals surface area contributed by atoms with Gasteiger partial charge in [0.05, 0.1) is 21.2 Å². The van der Waals surface area contributed by atoms with Gasteiger partial charge in [-0.3, -0.25) is 4.79 Å². The molecule has 196 valence electrons. The number of ether oxygens (including phenoxy) is 4. The van der Waals surface area contributed by atoms with E-state index < -0.39 is 23.1 Å². The summed E-state index contributed by atoms with van der Waals surface area (Å²) >= 11 is 1.36. The molecule has 0 fully saturated rings. The van der Waals surface area contributed by atoms with Crippen molar-refractivity contribution in [3.8, 4) is 11.5 Å². The normalized spacial score (nSPS) is 11.7. The highest BCUT2D eigenvalue weighted by Crippen LogP contribution is 2.37. The third-order valence-electron chi connectivity index (χ3n) is 4.83. The number of carbonyl (C=O) groups is 2. The van der Waals surface area contributed by atoms with E-state index in [1.807, 2.05) is 12.1 Å². The fourth-order valence-corrected chi connectivity index (χ4v) is 4.39. The number of hydrogen-bond donors (Lipinski definition) is 0. The first-order valence-corrected chi connectivity index (χ1v) is 12.5. The van der Waals surface area contributed by atoms with Crippen LogP contribution in [0.1, 0.15) is 41.5 Å². The molecule has 0 spiro atoms. The molecule has 1 aromatic heterocycles. The second-order valence-electron chi connectivity index (χ2n) is 10.5. The summed E-state index contributed by atoms with van der Waals surface area (Å²) < 4.78 is 23.8. The number of benzene rings is 2. The molecule has 0 radical (unpaired) electrons. The van der Waals surface area contributed by atoms with Crippen molar-refractivity contribution in [2.24, 2.45) is 0 Å². The number of fused-ring (bicyclic) bond motifs is 2. The molecule has 0 N–H and O–H groups in total. The van der Waals surface area contributed by atoms with Crippen LogP contribution in [0.5, 0.6) is 11.5 Å². The zero-order chi connectivity index (χ0) is 27.5. The lowest BCUT2D eigenvalue weighted by Gasteiger charge is -2.21. The van der Waals surface area contributed by atoms with Gasteiger partial charge in [0.2, 0.25) is 0 Å². The van der Waals surface area contributed by atoms with Crippen LogP contribution in [-0.4, -0.2) is 36.4 Å². The molecular weight excluding hydrogens is 492 g/mol. The van der Waals surface area contributed by atoms with Crippen LogP contribution in [0.15, 0.2) is 65.5 Å². The van der Waals surface area contributed by atoms with Crippen LogP contribution >= 0.6 is 11.3 Å². The molecule has 0 saturated carbocycles. The highest BCUT2D eigenvalue weighted by atomic mass is 32.1. The quantitative estimate of drug-likeness (QED) is 0.204. The van der Waals surface area contributed by atoms with Gasteiger partial charge in [0.1, 0.15) is 35.9 Å². The highest BCUT2D eigenvalue weighted by Gasteiger charge is 2.22. The van der Waals surface area contributed by atoms with Gasteiger partial charge in [-0.15, -0.1) is 11.3 Å². The second-order valence-corrected chi connectivity index (χ2v) is 11.5. The summed E-state index contributed by atoms with van der Waals surface area (Å²) in [5.41, 5.74) is -1.30. The third-order valence-corrected chi connectivity index (χ3v) is 6.02. The first kappa shape index (κ1) is 27.9. The summed E-state index contributed by atoms with van der Waals surface area (Å²) in [6, 6.07) is 10.5. The molecular formula is C29H32O7S. The standard InChI is InChI=1S/C29H32O7S/c1-17(26(31)35-28(3,4)5)15-33-20-13-14-21(34-16-18(2)27(32)36-29(6,7)8)25-23(20)24(30)19-11-9-10-12-22(19)37-25/h9-14H,1-2,15-16H2,3-8H3. The monoisotopic (exact) mass is 524 g/mol. The smallest absolute Gasteiger partial charge is 0.337 e. The van der Waals surface area contributed by atoms with Crippen LogP contribution in [0, 0.1) is 0 Å². The Labute approximate surface area is 220 Å². The van der Waals surface area contributed by atoms with Crippen LogP contribution in [-0.2, 0) is 19.1 Å². The van der Waals surface area contributed by atoms with Crippen molar-refractivity contribution in [3.63, 3.8) is 0 Å². The molecule has 0 amide bonds. The fraction of sp³-hybridized carbons (Fsp3) is 0.345. The Balaban J connectivity index is 1.94. The maximum atomic E-state index is 13.5. The van der Waals surface area contributed by atoms with Crippen molar-refractivity contribution in [3.05, 3.63) is 70.9 Å². The summed E-state index contributed by atoms with van der Waals surface area (Å²) in [6.07, 6.45) is 0. The molecule has 0 aliphatic rings. The Hall–Kier alpha value is -3.65. The number of hydrogen-bond acceptors (Lipinski definition) is 8. The van der Waals surface area contributed by atoms with Gasteiger partial charge in [-0.2, -0.15) is 0 Å². The Bertz CT molecular complexity index is 1430. The first-order valence-electron chi connectivity index (χ1n) is 11.7. The molecule has 2 aromatic carbocycles. The predicted octanol–water partition coefficient (Wildman–Crippen LogP) is 5.97. The van der Waals surface area contributed by atoms with E-state index >= 15 is 0 Å². The van der Waals surface area contributed by atoms with Crippen molar-refractivity contribution in [1.82, 2.24) is 0 Å². The minimum absolute atomic E-state index is 0.118. The minimum atomic E-state index is -0.669. The molecule has 37 heavy (non-hydrogen) atoms. The number of esters is 2. The van der Waals surface area contributed by atoms with Crippen LogP contribution in [0.2, 0.25) is 0 Å². The van der Waals surface area contributed by atoms with Gasteiger partial charge in [-0.25, -0.2) is 9.59 Å². The van der Waals surface area contributed by atoms with E-state index in [1.165, 1.54) is 11.3 Å². The minimum Gasteiger partial charge on any atom is -0.488 e. The highest BCUT2D eigenvalue weighted by molar-refractivity contribution is 7.25. The van der Waals surface area contributed by atoms with Crippen molar-refractivity contribution in [2.75, 3.05) is 13.2 Å². The Morgan fingerprint density at radius 3 is 1.81 bits per heavy atom. The van der Waals surface area contributed by atoms with Gasteiger partial charge in [-0.1, -0.05) is 25.3 Å². The maximum absolute atomic E-state index is 13.5. The van der Waals surface area contributed by atoms with Crippen LogP contribution < -0.4 is 14.9 Å². The van der Waals surface area contributed by atoms with E-state index in [1.54, 1.807) is 65.8 Å². The average molecular weight is 525 g/mol. The molecule has 8 heteroatoms. The predicted molar refractivity (Wildman–Crippen MR) is 147 cm³/mol. The van der Waals surface area contributed by atoms with Gasteiger partial charge in [0.15, 0.2) is 5.43 Å². The first-order chi connectivity index (χ1) is 17.2. The van der Waals surface area contributed by atoms with Crippen molar-refractivity contribution in [1.29, 1.82) is 0 Å². The molecule has 3 rings (SSSR count). The van der Waals surface area contributed by atoms with Crippen LogP contribution in [0.25, 0.3) is 20.2 Å². The third kappa shape index (κ3) is 7.20. The Morgan fingerprint density at radius 1 is 0.784 bits per heavy atom. The Morgan fingerprint density at radius 2 is 1.27 bits per heavy atom. The second kappa shape index (κ2) is 10.8. The van der Waals surface area contributed by atoms with Crippen molar-refractivity contribution < 1.29 is 28.5 Å². The summed E-state index contributed by atoms with van der Waals surface area (Å²) in [5.74, 6) is -0.458. The zero-order valence-electron chi connectivity index (χ0n) is 22.1. The largest absolute Gasteiger partial charge is 0.488 e. The molecule has 0 atom stereocenters. The molecule has 3 aromatic rings. The topological polar surface area (TPSA) is 88.1 Å². The maximum Gasteiger partial charge on any atom is 0.337 e. The van der Waals surface area contributed by atoms with Gasteiger partial charge in [0.25, 0.3) is 0 Å².